The van der Waals surface area contributed by atoms with Crippen molar-refractivity contribution in [2.24, 2.45) is 0 Å². The van der Waals surface area contributed by atoms with E-state index in [0.717, 1.165) is 16.9 Å². The average molecular weight is 356 g/mol. The van der Waals surface area contributed by atoms with Gasteiger partial charge in [0, 0.05) is 13.1 Å². The molecule has 0 unspecified atom stereocenters. The Morgan fingerprint density at radius 1 is 0.885 bits per heavy atom. The van der Waals surface area contributed by atoms with Crippen LogP contribution in [-0.2, 0) is 22.6 Å². The van der Waals surface area contributed by atoms with Crippen LogP contribution < -0.4 is 15.4 Å². The van der Waals surface area contributed by atoms with Crippen LogP contribution in [0.1, 0.15) is 18.1 Å². The van der Waals surface area contributed by atoms with Gasteiger partial charge in [0.1, 0.15) is 12.4 Å². The highest BCUT2D eigenvalue weighted by atomic mass is 16.5. The van der Waals surface area contributed by atoms with Crippen molar-refractivity contribution in [3.8, 4) is 5.75 Å². The van der Waals surface area contributed by atoms with Gasteiger partial charge < -0.3 is 20.1 Å². The zero-order valence-corrected chi connectivity index (χ0v) is 14.9. The van der Waals surface area contributed by atoms with Crippen molar-refractivity contribution >= 4 is 12.0 Å². The molecule has 0 saturated carbocycles. The lowest BCUT2D eigenvalue weighted by atomic mass is 10.1. The van der Waals surface area contributed by atoms with Crippen molar-refractivity contribution in [1.82, 2.24) is 10.6 Å². The predicted octanol–water partition coefficient (Wildman–Crippen LogP) is 2.67. The molecule has 0 saturated heterocycles. The highest BCUT2D eigenvalue weighted by molar-refractivity contribution is 5.78. The van der Waals surface area contributed by atoms with Gasteiger partial charge in [0.15, 0.2) is 0 Å². The summed E-state index contributed by atoms with van der Waals surface area (Å²) < 4.78 is 10.5. The molecule has 0 bridgehead atoms. The Bertz CT molecular complexity index is 687. The van der Waals surface area contributed by atoms with Crippen molar-refractivity contribution in [2.45, 2.75) is 20.0 Å². The van der Waals surface area contributed by atoms with Crippen LogP contribution in [0.5, 0.6) is 5.75 Å². The van der Waals surface area contributed by atoms with Gasteiger partial charge in [-0.1, -0.05) is 42.5 Å². The minimum absolute atomic E-state index is 0.103. The summed E-state index contributed by atoms with van der Waals surface area (Å²) >= 11 is 0. The number of carbonyl (C=O) groups excluding carboxylic acids is 2. The first-order valence-corrected chi connectivity index (χ1v) is 8.60. The predicted molar refractivity (Wildman–Crippen MR) is 99.0 cm³/mol. The van der Waals surface area contributed by atoms with E-state index in [-0.39, 0.29) is 18.9 Å². The molecule has 0 spiro atoms. The molecular formula is C20H24N2O4. The molecule has 0 radical (unpaired) electrons. The standard InChI is InChI=1S/C20H24N2O4/c1-2-25-18-10-8-16(9-11-18)14-19(23)21-12-13-22-20(24)26-15-17-6-4-3-5-7-17/h3-11H,2,12-15H2,1H3,(H,21,23)(H,22,24). The maximum Gasteiger partial charge on any atom is 0.407 e. The maximum absolute atomic E-state index is 11.9. The van der Waals surface area contributed by atoms with Crippen molar-refractivity contribution in [2.75, 3.05) is 19.7 Å². The zero-order valence-electron chi connectivity index (χ0n) is 14.9. The van der Waals surface area contributed by atoms with Crippen LogP contribution in [0.4, 0.5) is 4.79 Å². The summed E-state index contributed by atoms with van der Waals surface area (Å²) in [7, 11) is 0. The van der Waals surface area contributed by atoms with Crippen LogP contribution in [-0.4, -0.2) is 31.7 Å². The van der Waals surface area contributed by atoms with Crippen molar-refractivity contribution in [1.29, 1.82) is 0 Å². The molecule has 2 rings (SSSR count). The highest BCUT2D eigenvalue weighted by Gasteiger charge is 2.05. The van der Waals surface area contributed by atoms with E-state index in [1.165, 1.54) is 0 Å². The first-order valence-electron chi connectivity index (χ1n) is 8.60. The van der Waals surface area contributed by atoms with Gasteiger partial charge in [0.05, 0.1) is 13.0 Å². The number of nitrogens with one attached hydrogen (secondary N) is 2. The second-order valence-corrected chi connectivity index (χ2v) is 5.59. The number of ether oxygens (including phenoxy) is 2. The minimum atomic E-state index is -0.505. The molecule has 0 aliphatic carbocycles. The lowest BCUT2D eigenvalue weighted by molar-refractivity contribution is -0.120. The topological polar surface area (TPSA) is 76.7 Å². The Balaban J connectivity index is 1.58. The quantitative estimate of drug-likeness (QED) is 0.677. The fraction of sp³-hybridized carbons (Fsp3) is 0.300. The SMILES string of the molecule is CCOc1ccc(CC(=O)NCCNC(=O)OCc2ccccc2)cc1. The van der Waals surface area contributed by atoms with Crippen LogP contribution in [0, 0.1) is 0 Å². The van der Waals surface area contributed by atoms with E-state index in [4.69, 9.17) is 9.47 Å². The smallest absolute Gasteiger partial charge is 0.407 e. The number of benzene rings is 2. The van der Waals surface area contributed by atoms with Gasteiger partial charge >= 0.3 is 6.09 Å². The summed E-state index contributed by atoms with van der Waals surface area (Å²) in [5.74, 6) is 0.684. The summed E-state index contributed by atoms with van der Waals surface area (Å²) in [6.07, 6.45) is -0.222. The third-order valence-corrected chi connectivity index (χ3v) is 3.53. The van der Waals surface area contributed by atoms with E-state index in [0.29, 0.717) is 19.7 Å². The Morgan fingerprint density at radius 3 is 2.27 bits per heavy atom. The number of amides is 2. The Labute approximate surface area is 153 Å². The summed E-state index contributed by atoms with van der Waals surface area (Å²) in [6, 6.07) is 16.9. The number of alkyl carbamates (subject to hydrolysis) is 1. The number of rotatable bonds is 9. The maximum atomic E-state index is 11.9. The molecule has 0 heterocycles. The second kappa shape index (κ2) is 10.8. The van der Waals surface area contributed by atoms with E-state index in [2.05, 4.69) is 10.6 Å². The molecule has 26 heavy (non-hydrogen) atoms. The normalized spacial score (nSPS) is 10.0. The summed E-state index contributed by atoms with van der Waals surface area (Å²) in [5, 5.41) is 5.36. The molecule has 2 aromatic rings. The van der Waals surface area contributed by atoms with Gasteiger partial charge in [-0.3, -0.25) is 4.79 Å². The van der Waals surface area contributed by atoms with Crippen LogP contribution in [0.25, 0.3) is 0 Å². The van der Waals surface area contributed by atoms with Crippen LogP contribution in [0.3, 0.4) is 0 Å². The van der Waals surface area contributed by atoms with Gasteiger partial charge in [-0.15, -0.1) is 0 Å². The van der Waals surface area contributed by atoms with Crippen LogP contribution in [0.15, 0.2) is 54.6 Å². The molecule has 2 aromatic carbocycles. The molecule has 0 aliphatic rings. The fourth-order valence-electron chi connectivity index (χ4n) is 2.26. The van der Waals surface area contributed by atoms with Gasteiger partial charge in [0.2, 0.25) is 5.91 Å². The van der Waals surface area contributed by atoms with Crippen LogP contribution >= 0.6 is 0 Å². The molecular weight excluding hydrogens is 332 g/mol. The zero-order chi connectivity index (χ0) is 18.6. The highest BCUT2D eigenvalue weighted by Crippen LogP contribution is 2.12. The van der Waals surface area contributed by atoms with Gasteiger partial charge in [-0.05, 0) is 30.2 Å². The van der Waals surface area contributed by atoms with Crippen molar-refractivity contribution < 1.29 is 19.1 Å². The average Bonchev–Trinajstić information content (AvgIpc) is 2.66. The Kier molecular flexibility index (Phi) is 7.99. The van der Waals surface area contributed by atoms with Gasteiger partial charge in [-0.2, -0.15) is 0 Å². The first kappa shape index (κ1) is 19.3. The van der Waals surface area contributed by atoms with E-state index in [1.54, 1.807) is 0 Å². The molecule has 2 amide bonds. The third-order valence-electron chi connectivity index (χ3n) is 3.53. The number of hydrogen-bond donors (Lipinski definition) is 2. The first-order chi connectivity index (χ1) is 12.7. The molecule has 6 heteroatoms. The van der Waals surface area contributed by atoms with Crippen LogP contribution in [0.2, 0.25) is 0 Å². The molecule has 0 aliphatic heterocycles. The summed E-state index contributed by atoms with van der Waals surface area (Å²) in [4.78, 5) is 23.5. The van der Waals surface area contributed by atoms with Crippen molar-refractivity contribution in [3.63, 3.8) is 0 Å². The molecule has 138 valence electrons. The lowest BCUT2D eigenvalue weighted by Crippen LogP contribution is -2.35. The Morgan fingerprint density at radius 2 is 1.58 bits per heavy atom. The molecule has 6 nitrogen and oxygen atoms in total. The van der Waals surface area contributed by atoms with E-state index < -0.39 is 6.09 Å². The van der Waals surface area contributed by atoms with Gasteiger partial charge in [0.25, 0.3) is 0 Å². The number of hydrogen-bond acceptors (Lipinski definition) is 4. The molecule has 0 atom stereocenters. The van der Waals surface area contributed by atoms with Gasteiger partial charge in [-0.25, -0.2) is 4.79 Å². The van der Waals surface area contributed by atoms with E-state index >= 15 is 0 Å². The molecule has 0 aromatic heterocycles. The minimum Gasteiger partial charge on any atom is -0.494 e. The third kappa shape index (κ3) is 7.25. The largest absolute Gasteiger partial charge is 0.494 e. The van der Waals surface area contributed by atoms with E-state index in [9.17, 15) is 9.59 Å². The lowest BCUT2D eigenvalue weighted by Gasteiger charge is -2.09. The monoisotopic (exact) mass is 356 g/mol. The van der Waals surface area contributed by atoms with Crippen molar-refractivity contribution in [3.05, 3.63) is 65.7 Å². The Hall–Kier alpha value is -3.02. The second-order valence-electron chi connectivity index (χ2n) is 5.59. The van der Waals surface area contributed by atoms with E-state index in [1.807, 2.05) is 61.5 Å². The molecule has 0 fully saturated rings. The summed E-state index contributed by atoms with van der Waals surface area (Å²) in [6.45, 7) is 3.41. The summed E-state index contributed by atoms with van der Waals surface area (Å²) in [5.41, 5.74) is 1.83. The number of carbonyl (C=O) groups is 2. The molecule has 2 N–H and O–H groups in total. The fourth-order valence-corrected chi connectivity index (χ4v) is 2.26.